The minimum atomic E-state index is -0.795. The van der Waals surface area contributed by atoms with Crippen molar-refractivity contribution in [3.63, 3.8) is 0 Å². The molecule has 1 aromatic rings. The zero-order chi connectivity index (χ0) is 10.6. The lowest BCUT2D eigenvalue weighted by Gasteiger charge is -2.10. The van der Waals surface area contributed by atoms with Gasteiger partial charge < -0.3 is 9.84 Å². The van der Waals surface area contributed by atoms with Crippen LogP contribution in [0.25, 0.3) is 0 Å². The maximum Gasteiger partial charge on any atom is 0.304 e. The van der Waals surface area contributed by atoms with Gasteiger partial charge in [0.2, 0.25) is 0 Å². The van der Waals surface area contributed by atoms with Crippen molar-refractivity contribution >= 4 is 33.2 Å². The highest BCUT2D eigenvalue weighted by molar-refractivity contribution is 9.10. The van der Waals surface area contributed by atoms with Crippen LogP contribution in [0.4, 0.5) is 0 Å². The van der Waals surface area contributed by atoms with Crippen LogP contribution >= 0.6 is 27.3 Å². The first-order valence-electron chi connectivity index (χ1n) is 4.08. The molecule has 0 spiro atoms. The van der Waals surface area contributed by atoms with Crippen molar-refractivity contribution in [2.24, 2.45) is 0 Å². The van der Waals surface area contributed by atoms with Gasteiger partial charge in [0.15, 0.2) is 0 Å². The standard InChI is InChI=1S/C9H11BrO3S/c1-13-4-6(2-9(11)12)8-3-7(10)5-14-8/h3,5-6H,2,4H2,1H3,(H,11,12). The molecule has 0 amide bonds. The van der Waals surface area contributed by atoms with Crippen LogP contribution in [0.1, 0.15) is 17.2 Å². The molecule has 0 fully saturated rings. The minimum Gasteiger partial charge on any atom is -0.481 e. The Balaban J connectivity index is 2.71. The zero-order valence-electron chi connectivity index (χ0n) is 7.70. The summed E-state index contributed by atoms with van der Waals surface area (Å²) >= 11 is 4.89. The fraction of sp³-hybridized carbons (Fsp3) is 0.444. The Kier molecular flexibility index (Phi) is 4.57. The fourth-order valence-electron chi connectivity index (χ4n) is 1.20. The predicted octanol–water partition coefficient (Wildman–Crippen LogP) is 2.72. The third-order valence-electron chi connectivity index (χ3n) is 1.78. The molecule has 14 heavy (non-hydrogen) atoms. The van der Waals surface area contributed by atoms with E-state index >= 15 is 0 Å². The van der Waals surface area contributed by atoms with Crippen molar-refractivity contribution in [1.29, 1.82) is 0 Å². The van der Waals surface area contributed by atoms with Crippen molar-refractivity contribution in [1.82, 2.24) is 0 Å². The predicted molar refractivity (Wildman–Crippen MR) is 58.9 cm³/mol. The molecule has 0 saturated carbocycles. The second-order valence-corrected chi connectivity index (χ2v) is 4.78. The number of hydrogen-bond donors (Lipinski definition) is 1. The minimum absolute atomic E-state index is 0.0474. The molecular weight excluding hydrogens is 268 g/mol. The third-order valence-corrected chi connectivity index (χ3v) is 3.64. The Bertz CT molecular complexity index is 311. The summed E-state index contributed by atoms with van der Waals surface area (Å²) in [5.41, 5.74) is 0. The average molecular weight is 279 g/mol. The highest BCUT2D eigenvalue weighted by Crippen LogP contribution is 2.29. The van der Waals surface area contributed by atoms with Crippen LogP contribution in [-0.4, -0.2) is 24.8 Å². The van der Waals surface area contributed by atoms with E-state index in [1.54, 1.807) is 18.4 Å². The molecule has 0 aliphatic rings. The Labute approximate surface area is 94.8 Å². The van der Waals surface area contributed by atoms with E-state index in [1.165, 1.54) is 0 Å². The van der Waals surface area contributed by atoms with Crippen molar-refractivity contribution in [3.05, 3.63) is 20.8 Å². The molecule has 5 heteroatoms. The van der Waals surface area contributed by atoms with Crippen molar-refractivity contribution in [3.8, 4) is 0 Å². The molecule has 0 bridgehead atoms. The van der Waals surface area contributed by atoms with Crippen molar-refractivity contribution < 1.29 is 14.6 Å². The molecule has 1 aromatic heterocycles. The summed E-state index contributed by atoms with van der Waals surface area (Å²) in [6.45, 7) is 0.444. The average Bonchev–Trinajstić information content (AvgIpc) is 2.50. The molecular formula is C9H11BrO3S. The quantitative estimate of drug-likeness (QED) is 0.901. The number of halogens is 1. The Morgan fingerprint density at radius 3 is 2.93 bits per heavy atom. The van der Waals surface area contributed by atoms with Crippen LogP contribution in [0.2, 0.25) is 0 Å². The Hall–Kier alpha value is -0.390. The number of methoxy groups -OCH3 is 1. The number of ether oxygens (including phenoxy) is 1. The maximum absolute atomic E-state index is 10.6. The number of thiophene rings is 1. The van der Waals surface area contributed by atoms with Gasteiger partial charge in [0, 0.05) is 27.8 Å². The molecule has 0 aliphatic heterocycles. The molecule has 0 radical (unpaired) electrons. The summed E-state index contributed by atoms with van der Waals surface area (Å²) in [5, 5.41) is 10.7. The van der Waals surface area contributed by atoms with Gasteiger partial charge in [-0.1, -0.05) is 0 Å². The van der Waals surface area contributed by atoms with E-state index in [0.717, 1.165) is 9.35 Å². The summed E-state index contributed by atoms with van der Waals surface area (Å²) in [5.74, 6) is -0.842. The number of rotatable bonds is 5. The molecule has 0 aromatic carbocycles. The van der Waals surface area contributed by atoms with Crippen LogP contribution < -0.4 is 0 Å². The highest BCUT2D eigenvalue weighted by Gasteiger charge is 2.17. The number of carboxylic acid groups (broad SMARTS) is 1. The molecule has 1 heterocycles. The van der Waals surface area contributed by atoms with E-state index in [1.807, 2.05) is 11.4 Å². The molecule has 3 nitrogen and oxygen atoms in total. The van der Waals surface area contributed by atoms with Gasteiger partial charge in [-0.2, -0.15) is 0 Å². The Morgan fingerprint density at radius 1 is 1.79 bits per heavy atom. The van der Waals surface area contributed by atoms with Crippen LogP contribution in [0.5, 0.6) is 0 Å². The SMILES string of the molecule is COCC(CC(=O)O)c1cc(Br)cs1. The molecule has 0 saturated heterocycles. The molecule has 1 unspecified atom stereocenters. The monoisotopic (exact) mass is 278 g/mol. The number of hydrogen-bond acceptors (Lipinski definition) is 3. The third kappa shape index (κ3) is 3.40. The number of carboxylic acids is 1. The normalized spacial score (nSPS) is 12.7. The van der Waals surface area contributed by atoms with E-state index in [-0.39, 0.29) is 12.3 Å². The lowest BCUT2D eigenvalue weighted by molar-refractivity contribution is -0.137. The van der Waals surface area contributed by atoms with Crippen LogP contribution in [0.15, 0.2) is 15.9 Å². The molecule has 1 atom stereocenters. The second kappa shape index (κ2) is 5.48. The lowest BCUT2D eigenvalue weighted by Crippen LogP contribution is -2.10. The van der Waals surface area contributed by atoms with Gasteiger partial charge in [-0.25, -0.2) is 0 Å². The molecule has 0 aliphatic carbocycles. The zero-order valence-corrected chi connectivity index (χ0v) is 10.1. The number of carbonyl (C=O) groups is 1. The Morgan fingerprint density at radius 2 is 2.50 bits per heavy atom. The fourth-order valence-corrected chi connectivity index (χ4v) is 2.73. The molecule has 1 N–H and O–H groups in total. The maximum atomic E-state index is 10.6. The van der Waals surface area contributed by atoms with Crippen LogP contribution in [0, 0.1) is 0 Å². The summed E-state index contributed by atoms with van der Waals surface area (Å²) in [7, 11) is 1.58. The summed E-state index contributed by atoms with van der Waals surface area (Å²) < 4.78 is 5.99. The summed E-state index contributed by atoms with van der Waals surface area (Å²) in [6.07, 6.45) is 0.112. The van der Waals surface area contributed by atoms with E-state index < -0.39 is 5.97 Å². The van der Waals surface area contributed by atoms with E-state index in [9.17, 15) is 4.79 Å². The summed E-state index contributed by atoms with van der Waals surface area (Å²) in [4.78, 5) is 11.6. The number of aliphatic carboxylic acids is 1. The van der Waals surface area contributed by atoms with Crippen LogP contribution in [0.3, 0.4) is 0 Å². The lowest BCUT2D eigenvalue weighted by atomic mass is 10.1. The van der Waals surface area contributed by atoms with Crippen molar-refractivity contribution in [2.45, 2.75) is 12.3 Å². The second-order valence-electron chi connectivity index (χ2n) is 2.92. The van der Waals surface area contributed by atoms with Gasteiger partial charge in [0.05, 0.1) is 13.0 Å². The highest BCUT2D eigenvalue weighted by atomic mass is 79.9. The topological polar surface area (TPSA) is 46.5 Å². The molecule has 78 valence electrons. The van der Waals surface area contributed by atoms with Crippen molar-refractivity contribution in [2.75, 3.05) is 13.7 Å². The van der Waals surface area contributed by atoms with Gasteiger partial charge in [-0.15, -0.1) is 11.3 Å². The van der Waals surface area contributed by atoms with E-state index in [2.05, 4.69) is 15.9 Å². The van der Waals surface area contributed by atoms with Gasteiger partial charge in [0.1, 0.15) is 0 Å². The van der Waals surface area contributed by atoms with E-state index in [0.29, 0.717) is 6.61 Å². The summed E-state index contributed by atoms with van der Waals surface area (Å²) in [6, 6.07) is 1.94. The largest absolute Gasteiger partial charge is 0.481 e. The smallest absolute Gasteiger partial charge is 0.304 e. The first-order chi connectivity index (χ1) is 6.63. The van der Waals surface area contributed by atoms with Gasteiger partial charge in [-0.3, -0.25) is 4.79 Å². The van der Waals surface area contributed by atoms with Gasteiger partial charge >= 0.3 is 5.97 Å². The first-order valence-corrected chi connectivity index (χ1v) is 5.75. The molecule has 1 rings (SSSR count). The van der Waals surface area contributed by atoms with E-state index in [4.69, 9.17) is 9.84 Å². The van der Waals surface area contributed by atoms with Gasteiger partial charge in [-0.05, 0) is 22.0 Å². The first kappa shape index (κ1) is 11.7. The van der Waals surface area contributed by atoms with Crippen LogP contribution in [-0.2, 0) is 9.53 Å². The van der Waals surface area contributed by atoms with Gasteiger partial charge in [0.25, 0.3) is 0 Å².